The van der Waals surface area contributed by atoms with E-state index in [1.807, 2.05) is 65.8 Å². The number of benzene rings is 2. The first-order chi connectivity index (χ1) is 17.6. The minimum atomic E-state index is -1.15. The van der Waals surface area contributed by atoms with E-state index in [0.717, 1.165) is 43.9 Å². The molecular formula is C32H40O5S. The third-order valence-corrected chi connectivity index (χ3v) is 7.29. The van der Waals surface area contributed by atoms with Gasteiger partial charge in [0, 0.05) is 21.6 Å². The fraction of sp³-hybridized carbons (Fsp3) is 0.438. The number of furan rings is 1. The van der Waals surface area contributed by atoms with Gasteiger partial charge in [0.05, 0.1) is 0 Å². The maximum absolute atomic E-state index is 13.1. The van der Waals surface area contributed by atoms with E-state index < -0.39 is 17.2 Å². The predicted octanol–water partition coefficient (Wildman–Crippen LogP) is 8.50. The Morgan fingerprint density at radius 2 is 1.63 bits per heavy atom. The standard InChI is InChI=1S/C32H40O5S/c1-19(2)18-38-24-12-13-25-22(5)29(35-27(25)17-24)26(33)14-11-23-15-20(3)28(21(4)16-23)36-32(9,10)30(34)37-31(6,7)8/h11-17,19H,18H2,1-10H3/b14-11+. The average Bonchev–Trinajstić information content (AvgIpc) is 3.13. The van der Waals surface area contributed by atoms with Crippen LogP contribution in [0.4, 0.5) is 0 Å². The zero-order valence-electron chi connectivity index (χ0n) is 24.3. The molecule has 0 saturated carbocycles. The summed E-state index contributed by atoms with van der Waals surface area (Å²) in [6, 6.07) is 9.99. The van der Waals surface area contributed by atoms with Crippen LogP contribution in [0.25, 0.3) is 17.0 Å². The summed E-state index contributed by atoms with van der Waals surface area (Å²) in [5.41, 5.74) is 2.40. The van der Waals surface area contributed by atoms with Crippen LogP contribution in [0.1, 0.15) is 81.3 Å². The van der Waals surface area contributed by atoms with Gasteiger partial charge in [-0.25, -0.2) is 4.79 Å². The van der Waals surface area contributed by atoms with E-state index >= 15 is 0 Å². The number of hydrogen-bond donors (Lipinski definition) is 0. The minimum Gasteiger partial charge on any atom is -0.476 e. The summed E-state index contributed by atoms with van der Waals surface area (Å²) in [4.78, 5) is 26.8. The Labute approximate surface area is 231 Å². The van der Waals surface area contributed by atoms with Crippen molar-refractivity contribution in [3.63, 3.8) is 0 Å². The fourth-order valence-corrected chi connectivity index (χ4v) is 4.86. The predicted molar refractivity (Wildman–Crippen MR) is 156 cm³/mol. The lowest BCUT2D eigenvalue weighted by atomic mass is 10.0. The van der Waals surface area contributed by atoms with E-state index in [1.54, 1.807) is 37.8 Å². The van der Waals surface area contributed by atoms with Crippen LogP contribution in [0.3, 0.4) is 0 Å². The molecule has 0 fully saturated rings. The van der Waals surface area contributed by atoms with Crippen molar-refractivity contribution < 1.29 is 23.5 Å². The molecule has 0 aliphatic rings. The molecule has 3 rings (SSSR count). The van der Waals surface area contributed by atoms with Crippen LogP contribution in [0, 0.1) is 26.7 Å². The second-order valence-electron chi connectivity index (χ2n) is 11.7. The van der Waals surface area contributed by atoms with Gasteiger partial charge < -0.3 is 13.9 Å². The molecular weight excluding hydrogens is 496 g/mol. The lowest BCUT2D eigenvalue weighted by Crippen LogP contribution is -2.43. The number of thioether (sulfide) groups is 1. The maximum Gasteiger partial charge on any atom is 0.350 e. The highest BCUT2D eigenvalue weighted by atomic mass is 32.2. The quantitative estimate of drug-likeness (QED) is 0.118. The van der Waals surface area contributed by atoms with E-state index in [1.165, 1.54) is 0 Å². The van der Waals surface area contributed by atoms with Crippen molar-refractivity contribution in [3.8, 4) is 5.75 Å². The summed E-state index contributed by atoms with van der Waals surface area (Å²) < 4.78 is 17.6. The molecule has 0 N–H and O–H groups in total. The highest BCUT2D eigenvalue weighted by molar-refractivity contribution is 7.99. The summed E-state index contributed by atoms with van der Waals surface area (Å²) in [5, 5.41) is 0.955. The van der Waals surface area contributed by atoms with Crippen molar-refractivity contribution in [3.05, 3.63) is 64.4 Å². The van der Waals surface area contributed by atoms with Crippen LogP contribution in [0.15, 0.2) is 45.7 Å². The van der Waals surface area contributed by atoms with Gasteiger partial charge in [0.15, 0.2) is 11.4 Å². The van der Waals surface area contributed by atoms with Gasteiger partial charge >= 0.3 is 5.97 Å². The Morgan fingerprint density at radius 3 is 2.21 bits per heavy atom. The molecule has 0 saturated heterocycles. The molecule has 0 atom stereocenters. The lowest BCUT2D eigenvalue weighted by molar-refractivity contribution is -0.171. The van der Waals surface area contributed by atoms with E-state index in [2.05, 4.69) is 19.9 Å². The monoisotopic (exact) mass is 536 g/mol. The first-order valence-electron chi connectivity index (χ1n) is 13.0. The van der Waals surface area contributed by atoms with Crippen molar-refractivity contribution in [2.45, 2.75) is 85.3 Å². The van der Waals surface area contributed by atoms with Crippen molar-refractivity contribution in [2.75, 3.05) is 5.75 Å². The number of ether oxygens (including phenoxy) is 2. The number of rotatable bonds is 9. The van der Waals surface area contributed by atoms with Gasteiger partial charge in [0.1, 0.15) is 16.9 Å². The smallest absolute Gasteiger partial charge is 0.350 e. The van der Waals surface area contributed by atoms with Crippen LogP contribution >= 0.6 is 11.8 Å². The second kappa shape index (κ2) is 11.4. The highest BCUT2D eigenvalue weighted by Gasteiger charge is 2.35. The van der Waals surface area contributed by atoms with Gasteiger partial charge in [0.2, 0.25) is 5.78 Å². The van der Waals surface area contributed by atoms with Gasteiger partial charge in [-0.1, -0.05) is 19.9 Å². The Bertz CT molecular complexity index is 1350. The first-order valence-corrected chi connectivity index (χ1v) is 14.0. The van der Waals surface area contributed by atoms with Gasteiger partial charge in [-0.15, -0.1) is 11.8 Å². The summed E-state index contributed by atoms with van der Waals surface area (Å²) in [6.45, 7) is 19.0. The SMILES string of the molecule is Cc1cc(/C=C/C(=O)c2oc3cc(SCC(C)C)ccc3c2C)cc(C)c1OC(C)(C)C(=O)OC(C)(C)C. The van der Waals surface area contributed by atoms with Gasteiger partial charge in [-0.05, 0) is 114 Å². The molecule has 0 bridgehead atoms. The fourth-order valence-electron chi connectivity index (χ4n) is 3.98. The Balaban J connectivity index is 1.79. The third kappa shape index (κ3) is 7.31. The molecule has 3 aromatic rings. The van der Waals surface area contributed by atoms with Gasteiger partial charge in [0.25, 0.3) is 0 Å². The zero-order valence-corrected chi connectivity index (χ0v) is 25.1. The molecule has 0 unspecified atom stereocenters. The third-order valence-electron chi connectivity index (χ3n) is 5.87. The molecule has 0 amide bonds. The molecule has 0 spiro atoms. The van der Waals surface area contributed by atoms with Crippen molar-refractivity contribution >= 4 is 40.6 Å². The normalized spacial score (nSPS) is 12.5. The van der Waals surface area contributed by atoms with Crippen LogP contribution < -0.4 is 4.74 Å². The molecule has 38 heavy (non-hydrogen) atoms. The molecule has 1 aromatic heterocycles. The number of allylic oxidation sites excluding steroid dienone is 1. The van der Waals surface area contributed by atoms with Gasteiger partial charge in [-0.3, -0.25) is 4.79 Å². The zero-order chi connectivity index (χ0) is 28.4. The first kappa shape index (κ1) is 29.6. The average molecular weight is 537 g/mol. The molecule has 1 heterocycles. The van der Waals surface area contributed by atoms with Crippen LogP contribution in [-0.2, 0) is 9.53 Å². The Hall–Kier alpha value is -2.99. The molecule has 2 aromatic carbocycles. The van der Waals surface area contributed by atoms with E-state index in [4.69, 9.17) is 13.9 Å². The topological polar surface area (TPSA) is 65.7 Å². The number of carbonyl (C=O) groups excluding carboxylic acids is 2. The number of esters is 1. The molecule has 204 valence electrons. The lowest BCUT2D eigenvalue weighted by Gasteiger charge is -2.30. The number of ketones is 1. The van der Waals surface area contributed by atoms with E-state index in [0.29, 0.717) is 17.4 Å². The number of carbonyl (C=O) groups is 2. The molecule has 0 aliphatic heterocycles. The summed E-state index contributed by atoms with van der Waals surface area (Å²) in [7, 11) is 0. The van der Waals surface area contributed by atoms with Crippen molar-refractivity contribution in [1.29, 1.82) is 0 Å². The van der Waals surface area contributed by atoms with Crippen molar-refractivity contribution in [1.82, 2.24) is 0 Å². The molecule has 6 heteroatoms. The molecule has 0 aliphatic carbocycles. The van der Waals surface area contributed by atoms with Crippen LogP contribution in [-0.4, -0.2) is 28.7 Å². The molecule has 0 radical (unpaired) electrons. The highest BCUT2D eigenvalue weighted by Crippen LogP contribution is 2.32. The van der Waals surface area contributed by atoms with E-state index in [9.17, 15) is 9.59 Å². The van der Waals surface area contributed by atoms with Gasteiger partial charge in [-0.2, -0.15) is 0 Å². The summed E-state index contributed by atoms with van der Waals surface area (Å²) in [5.74, 6) is 2.00. The van der Waals surface area contributed by atoms with Crippen LogP contribution in [0.2, 0.25) is 0 Å². The number of fused-ring (bicyclic) bond motifs is 1. The number of hydrogen-bond acceptors (Lipinski definition) is 6. The van der Waals surface area contributed by atoms with E-state index in [-0.39, 0.29) is 5.78 Å². The largest absolute Gasteiger partial charge is 0.476 e. The number of aryl methyl sites for hydroxylation is 3. The van der Waals surface area contributed by atoms with Crippen LogP contribution in [0.5, 0.6) is 5.75 Å². The molecule has 5 nitrogen and oxygen atoms in total. The van der Waals surface area contributed by atoms with Crippen molar-refractivity contribution in [2.24, 2.45) is 5.92 Å². The summed E-state index contributed by atoms with van der Waals surface area (Å²) >= 11 is 1.79. The Morgan fingerprint density at radius 1 is 1.00 bits per heavy atom. The second-order valence-corrected chi connectivity index (χ2v) is 12.8. The summed E-state index contributed by atoms with van der Waals surface area (Å²) in [6.07, 6.45) is 3.32. The Kier molecular flexibility index (Phi) is 8.87. The maximum atomic E-state index is 13.1. The minimum absolute atomic E-state index is 0.184.